The summed E-state index contributed by atoms with van der Waals surface area (Å²) in [6, 6.07) is 6.03. The summed E-state index contributed by atoms with van der Waals surface area (Å²) < 4.78 is 7.83. The number of hydrogen-bond acceptors (Lipinski definition) is 5. The molecule has 0 bridgehead atoms. The molecule has 0 saturated heterocycles. The van der Waals surface area contributed by atoms with Crippen LogP contribution in [0.4, 0.5) is 0 Å². The molecule has 3 aromatic heterocycles. The molecule has 0 unspecified atom stereocenters. The molecule has 0 spiro atoms. The van der Waals surface area contributed by atoms with Crippen LogP contribution < -0.4 is 4.74 Å². The van der Waals surface area contributed by atoms with Crippen LogP contribution in [0.1, 0.15) is 20.8 Å². The van der Waals surface area contributed by atoms with Crippen molar-refractivity contribution in [1.82, 2.24) is 19.3 Å². The summed E-state index contributed by atoms with van der Waals surface area (Å²) >= 11 is 0. The number of ether oxygens (including phenoxy) is 1. The highest BCUT2D eigenvalue weighted by atomic mass is 16.5. The van der Waals surface area contributed by atoms with Gasteiger partial charge in [-0.25, -0.2) is 19.3 Å². The zero-order chi connectivity index (χ0) is 17.3. The van der Waals surface area contributed by atoms with E-state index >= 15 is 0 Å². The number of hydrogen-bond donors (Lipinski definition) is 2. The zero-order valence-corrected chi connectivity index (χ0v) is 12.4. The average molecular weight is 328 g/mol. The van der Waals surface area contributed by atoms with E-state index in [1.54, 1.807) is 12.1 Å². The standard InChI is InChI=1S/C15H12N4O5/c1-24-12-3-2-10(7-16-12)19-13(6-11(17-19)15(22)23)18-5-4-9(8-18)14(20)21/h2-8H,1H3,(H,20,21)(H,22,23). The Morgan fingerprint density at radius 1 is 1.17 bits per heavy atom. The maximum absolute atomic E-state index is 11.2. The summed E-state index contributed by atoms with van der Waals surface area (Å²) in [6.45, 7) is 0. The number of rotatable bonds is 5. The maximum atomic E-state index is 11.2. The fraction of sp³-hybridized carbons (Fsp3) is 0.0667. The smallest absolute Gasteiger partial charge is 0.356 e. The third-order valence-corrected chi connectivity index (χ3v) is 3.29. The van der Waals surface area contributed by atoms with E-state index in [-0.39, 0.29) is 11.3 Å². The molecular formula is C15H12N4O5. The van der Waals surface area contributed by atoms with Crippen LogP contribution in [0, 0.1) is 0 Å². The van der Waals surface area contributed by atoms with Crippen LogP contribution in [0.25, 0.3) is 11.5 Å². The van der Waals surface area contributed by atoms with Gasteiger partial charge >= 0.3 is 11.9 Å². The lowest BCUT2D eigenvalue weighted by Crippen LogP contribution is -2.06. The van der Waals surface area contributed by atoms with Gasteiger partial charge in [-0.2, -0.15) is 5.10 Å². The first-order valence-corrected chi connectivity index (χ1v) is 6.75. The Balaban J connectivity index is 2.12. The van der Waals surface area contributed by atoms with Crippen LogP contribution in [-0.2, 0) is 0 Å². The highest BCUT2D eigenvalue weighted by Gasteiger charge is 2.17. The average Bonchev–Trinajstić information content (AvgIpc) is 3.21. The normalized spacial score (nSPS) is 10.5. The van der Waals surface area contributed by atoms with Gasteiger partial charge in [0.05, 0.1) is 24.6 Å². The molecule has 2 N–H and O–H groups in total. The van der Waals surface area contributed by atoms with Crippen LogP contribution >= 0.6 is 0 Å². The monoisotopic (exact) mass is 328 g/mol. The van der Waals surface area contributed by atoms with Crippen LogP contribution in [0.15, 0.2) is 42.9 Å². The quantitative estimate of drug-likeness (QED) is 0.727. The van der Waals surface area contributed by atoms with Gasteiger partial charge in [-0.1, -0.05) is 0 Å². The van der Waals surface area contributed by atoms with Crippen LogP contribution in [0.5, 0.6) is 5.88 Å². The molecule has 0 aliphatic rings. The third kappa shape index (κ3) is 2.70. The van der Waals surface area contributed by atoms with Gasteiger partial charge in [0.1, 0.15) is 5.82 Å². The lowest BCUT2D eigenvalue weighted by Gasteiger charge is -2.08. The molecule has 24 heavy (non-hydrogen) atoms. The van der Waals surface area contributed by atoms with Crippen LogP contribution in [-0.4, -0.2) is 48.6 Å². The molecule has 0 saturated carbocycles. The summed E-state index contributed by atoms with van der Waals surface area (Å²) in [5, 5.41) is 22.2. The first kappa shape index (κ1) is 15.3. The van der Waals surface area contributed by atoms with Crippen molar-refractivity contribution in [3.8, 4) is 17.4 Å². The fourth-order valence-electron chi connectivity index (χ4n) is 2.13. The molecule has 0 atom stereocenters. The molecule has 0 amide bonds. The zero-order valence-electron chi connectivity index (χ0n) is 12.4. The maximum Gasteiger partial charge on any atom is 0.356 e. The van der Waals surface area contributed by atoms with E-state index in [4.69, 9.17) is 9.84 Å². The Kier molecular flexibility index (Phi) is 3.74. The molecule has 3 heterocycles. The number of aromatic nitrogens is 4. The Bertz CT molecular complexity index is 910. The van der Waals surface area contributed by atoms with Crippen molar-refractivity contribution in [2.75, 3.05) is 7.11 Å². The summed E-state index contributed by atoms with van der Waals surface area (Å²) in [5.41, 5.74) is 0.405. The number of methoxy groups -OCH3 is 1. The number of carboxylic acid groups (broad SMARTS) is 2. The van der Waals surface area contributed by atoms with Gasteiger partial charge in [0.25, 0.3) is 0 Å². The van der Waals surface area contributed by atoms with Gasteiger partial charge in [-0.15, -0.1) is 0 Å². The molecular weight excluding hydrogens is 316 g/mol. The van der Waals surface area contributed by atoms with Crippen molar-refractivity contribution in [3.63, 3.8) is 0 Å². The molecule has 3 aromatic rings. The molecule has 9 heteroatoms. The molecule has 0 fully saturated rings. The molecule has 3 rings (SSSR count). The van der Waals surface area contributed by atoms with E-state index in [0.29, 0.717) is 17.4 Å². The number of carboxylic acids is 2. The van der Waals surface area contributed by atoms with Crippen molar-refractivity contribution >= 4 is 11.9 Å². The van der Waals surface area contributed by atoms with Gasteiger partial charge in [0, 0.05) is 24.5 Å². The first-order chi connectivity index (χ1) is 11.5. The van der Waals surface area contributed by atoms with Gasteiger partial charge in [-0.3, -0.25) is 0 Å². The Labute approximate surface area is 135 Å². The minimum Gasteiger partial charge on any atom is -0.481 e. The third-order valence-electron chi connectivity index (χ3n) is 3.29. The summed E-state index contributed by atoms with van der Waals surface area (Å²) in [7, 11) is 1.48. The second-order valence-electron chi connectivity index (χ2n) is 4.78. The largest absolute Gasteiger partial charge is 0.481 e. The van der Waals surface area contributed by atoms with E-state index in [2.05, 4.69) is 10.1 Å². The summed E-state index contributed by atoms with van der Waals surface area (Å²) in [5.74, 6) is -1.50. The van der Waals surface area contributed by atoms with Crippen LogP contribution in [0.3, 0.4) is 0 Å². The second-order valence-corrected chi connectivity index (χ2v) is 4.78. The Morgan fingerprint density at radius 2 is 1.96 bits per heavy atom. The SMILES string of the molecule is COc1ccc(-n2nc(C(=O)O)cc2-n2ccc(C(=O)O)c2)cn1. The molecule has 0 aliphatic heterocycles. The lowest BCUT2D eigenvalue weighted by atomic mass is 10.3. The highest BCUT2D eigenvalue weighted by molar-refractivity contribution is 5.88. The van der Waals surface area contributed by atoms with E-state index < -0.39 is 11.9 Å². The minimum absolute atomic E-state index is 0.0764. The summed E-state index contributed by atoms with van der Waals surface area (Å²) in [6.07, 6.45) is 4.36. The molecule has 0 aromatic carbocycles. The van der Waals surface area contributed by atoms with Crippen molar-refractivity contribution in [2.45, 2.75) is 0 Å². The van der Waals surface area contributed by atoms with Gasteiger partial charge in [-0.05, 0) is 12.1 Å². The predicted octanol–water partition coefficient (Wildman–Crippen LogP) is 1.46. The number of nitrogens with zero attached hydrogens (tertiary/aromatic N) is 4. The van der Waals surface area contributed by atoms with Gasteiger partial charge < -0.3 is 19.5 Å². The van der Waals surface area contributed by atoms with Crippen molar-refractivity contribution in [3.05, 3.63) is 54.1 Å². The van der Waals surface area contributed by atoms with E-state index in [1.807, 2.05) is 0 Å². The van der Waals surface area contributed by atoms with Gasteiger partial charge in [0.15, 0.2) is 5.69 Å². The molecule has 9 nitrogen and oxygen atoms in total. The molecule has 0 aliphatic carbocycles. The van der Waals surface area contributed by atoms with E-state index in [1.165, 1.54) is 47.1 Å². The van der Waals surface area contributed by atoms with Crippen LogP contribution in [0.2, 0.25) is 0 Å². The van der Waals surface area contributed by atoms with Gasteiger partial charge in [0.2, 0.25) is 5.88 Å². The van der Waals surface area contributed by atoms with Crippen molar-refractivity contribution in [2.24, 2.45) is 0 Å². The molecule has 0 radical (unpaired) electrons. The molecule has 122 valence electrons. The van der Waals surface area contributed by atoms with E-state index in [0.717, 1.165) is 0 Å². The highest BCUT2D eigenvalue weighted by Crippen LogP contribution is 2.19. The summed E-state index contributed by atoms with van der Waals surface area (Å²) in [4.78, 5) is 26.3. The Hall–Kier alpha value is -3.62. The first-order valence-electron chi connectivity index (χ1n) is 6.75. The number of aromatic carboxylic acids is 2. The van der Waals surface area contributed by atoms with Crippen molar-refractivity contribution < 1.29 is 24.5 Å². The minimum atomic E-state index is -1.19. The van der Waals surface area contributed by atoms with Crippen molar-refractivity contribution in [1.29, 1.82) is 0 Å². The lowest BCUT2D eigenvalue weighted by molar-refractivity contribution is 0.0682. The Morgan fingerprint density at radius 3 is 2.50 bits per heavy atom. The van der Waals surface area contributed by atoms with E-state index in [9.17, 15) is 14.7 Å². The second kappa shape index (κ2) is 5.88. The number of pyridine rings is 1. The number of carbonyl (C=O) groups is 2. The topological polar surface area (TPSA) is 119 Å². The fourth-order valence-corrected chi connectivity index (χ4v) is 2.13. The predicted molar refractivity (Wildman–Crippen MR) is 81.2 cm³/mol.